The number of carbonyl (C=O) groups is 2. The largest absolute Gasteiger partial charge is 0.345 e. The Bertz CT molecular complexity index is 1140. The van der Waals surface area contributed by atoms with Crippen LogP contribution in [0.15, 0.2) is 66.9 Å². The first-order valence-electron chi connectivity index (χ1n) is 12.3. The van der Waals surface area contributed by atoms with E-state index in [4.69, 9.17) is 11.6 Å². The molecule has 0 saturated carbocycles. The average Bonchev–Trinajstić information content (AvgIpc) is 3.28. The predicted molar refractivity (Wildman–Crippen MR) is 143 cm³/mol. The Morgan fingerprint density at radius 1 is 0.943 bits per heavy atom. The highest BCUT2D eigenvalue weighted by atomic mass is 35.5. The van der Waals surface area contributed by atoms with Crippen molar-refractivity contribution >= 4 is 23.4 Å². The second-order valence-electron chi connectivity index (χ2n) is 9.37. The van der Waals surface area contributed by atoms with E-state index in [1.54, 1.807) is 29.2 Å². The minimum atomic E-state index is -0.169. The number of halogens is 1. The highest BCUT2D eigenvalue weighted by Gasteiger charge is 2.27. The molecule has 0 radical (unpaired) electrons. The third-order valence-corrected chi connectivity index (χ3v) is 6.83. The smallest absolute Gasteiger partial charge is 0.254 e. The average molecular weight is 494 g/mol. The van der Waals surface area contributed by atoms with E-state index < -0.39 is 0 Å². The van der Waals surface area contributed by atoms with Crippen LogP contribution in [-0.4, -0.2) is 44.8 Å². The van der Waals surface area contributed by atoms with Crippen LogP contribution in [0.4, 0.5) is 0 Å². The van der Waals surface area contributed by atoms with E-state index in [0.29, 0.717) is 17.1 Å². The first kappa shape index (κ1) is 26.6. The Kier molecular flexibility index (Phi) is 9.16. The summed E-state index contributed by atoms with van der Waals surface area (Å²) in [6, 6.07) is 19.2. The summed E-state index contributed by atoms with van der Waals surface area (Å²) in [5, 5.41) is 0.574. The minimum absolute atomic E-state index is 0.0297. The van der Waals surface area contributed by atoms with Gasteiger partial charge in [0.05, 0.1) is 6.54 Å². The number of aromatic nitrogens is 1. The summed E-state index contributed by atoms with van der Waals surface area (Å²) >= 11 is 5.99. The van der Waals surface area contributed by atoms with Crippen LogP contribution in [0.3, 0.4) is 0 Å². The molecule has 186 valence electrons. The number of aryl methyl sites for hydroxylation is 1. The van der Waals surface area contributed by atoms with Gasteiger partial charge in [-0.25, -0.2) is 0 Å². The molecule has 2 aromatic carbocycles. The van der Waals surface area contributed by atoms with Crippen molar-refractivity contribution in [3.05, 3.63) is 94.3 Å². The number of benzene rings is 2. The molecule has 5 nitrogen and oxygen atoms in total. The molecular formula is C29H36ClN3O2. The zero-order valence-electron chi connectivity index (χ0n) is 21.4. The van der Waals surface area contributed by atoms with E-state index >= 15 is 0 Å². The van der Waals surface area contributed by atoms with Gasteiger partial charge in [0.25, 0.3) is 5.91 Å². The molecule has 0 spiro atoms. The van der Waals surface area contributed by atoms with Crippen molar-refractivity contribution in [2.45, 2.75) is 66.2 Å². The molecular weight excluding hydrogens is 458 g/mol. The van der Waals surface area contributed by atoms with Crippen molar-refractivity contribution in [1.82, 2.24) is 14.4 Å². The lowest BCUT2D eigenvalue weighted by atomic mass is 10.1. The number of carbonyl (C=O) groups excluding carboxylic acids is 2. The molecule has 0 fully saturated rings. The molecule has 1 unspecified atom stereocenters. The van der Waals surface area contributed by atoms with Crippen LogP contribution in [0, 0.1) is 6.92 Å². The quantitative estimate of drug-likeness (QED) is 0.338. The van der Waals surface area contributed by atoms with Crippen molar-refractivity contribution < 1.29 is 9.59 Å². The van der Waals surface area contributed by atoms with Gasteiger partial charge in [0.15, 0.2) is 0 Å². The molecule has 0 N–H and O–H groups in total. The van der Waals surface area contributed by atoms with E-state index in [0.717, 1.165) is 18.7 Å². The molecule has 3 rings (SSSR count). The van der Waals surface area contributed by atoms with E-state index in [2.05, 4.69) is 55.8 Å². The Balaban J connectivity index is 1.80. The molecule has 6 heteroatoms. The summed E-state index contributed by atoms with van der Waals surface area (Å²) in [7, 11) is 0. The molecule has 35 heavy (non-hydrogen) atoms. The molecule has 1 heterocycles. The Morgan fingerprint density at radius 3 is 2.26 bits per heavy atom. The number of hydrogen-bond acceptors (Lipinski definition) is 2. The van der Waals surface area contributed by atoms with Gasteiger partial charge in [-0.3, -0.25) is 9.59 Å². The SMILES string of the molecule is CCC(C)N(Cc1cccn1Cc1ccccc1C)C(=O)CN(C(=O)c1ccc(Cl)cc1)C(C)C. The molecule has 0 aliphatic carbocycles. The zero-order valence-corrected chi connectivity index (χ0v) is 22.1. The lowest BCUT2D eigenvalue weighted by Gasteiger charge is -2.33. The number of rotatable bonds is 10. The molecule has 1 aromatic heterocycles. The molecule has 1 atom stereocenters. The third kappa shape index (κ3) is 6.76. The summed E-state index contributed by atoms with van der Waals surface area (Å²) in [6.07, 6.45) is 2.89. The van der Waals surface area contributed by atoms with Gasteiger partial charge in [-0.15, -0.1) is 0 Å². The predicted octanol–water partition coefficient (Wildman–Crippen LogP) is 6.18. The van der Waals surface area contributed by atoms with Gasteiger partial charge in [-0.1, -0.05) is 42.8 Å². The van der Waals surface area contributed by atoms with Gasteiger partial charge in [0.2, 0.25) is 5.91 Å². The van der Waals surface area contributed by atoms with Crippen molar-refractivity contribution in [3.8, 4) is 0 Å². The van der Waals surface area contributed by atoms with Crippen LogP contribution in [0.1, 0.15) is 61.3 Å². The summed E-state index contributed by atoms with van der Waals surface area (Å²) in [6.45, 7) is 11.4. The second kappa shape index (κ2) is 12.1. The third-order valence-electron chi connectivity index (χ3n) is 6.58. The second-order valence-corrected chi connectivity index (χ2v) is 9.80. The Morgan fingerprint density at radius 2 is 1.63 bits per heavy atom. The Hall–Kier alpha value is -3.05. The van der Waals surface area contributed by atoms with Crippen molar-refractivity contribution in [3.63, 3.8) is 0 Å². The molecule has 3 aromatic rings. The molecule has 0 aliphatic rings. The van der Waals surface area contributed by atoms with Crippen LogP contribution in [0.2, 0.25) is 5.02 Å². The number of hydrogen-bond donors (Lipinski definition) is 0. The fourth-order valence-electron chi connectivity index (χ4n) is 4.09. The van der Waals surface area contributed by atoms with E-state index in [1.807, 2.05) is 30.9 Å². The standard InChI is InChI=1S/C29H36ClN3O2/c1-6-23(5)33(19-27-12-9-17-31(27)18-25-11-8-7-10-22(25)4)28(34)20-32(21(2)3)29(35)24-13-15-26(30)16-14-24/h7-17,21,23H,6,18-20H2,1-5H3. The van der Waals surface area contributed by atoms with Crippen molar-refractivity contribution in [2.75, 3.05) is 6.54 Å². The lowest BCUT2D eigenvalue weighted by molar-refractivity contribution is -0.135. The van der Waals surface area contributed by atoms with Crippen LogP contribution in [-0.2, 0) is 17.9 Å². The maximum atomic E-state index is 13.6. The number of amides is 2. The van der Waals surface area contributed by atoms with Gasteiger partial charge in [-0.05, 0) is 81.6 Å². The van der Waals surface area contributed by atoms with Gasteiger partial charge in [0.1, 0.15) is 6.54 Å². The molecule has 0 saturated heterocycles. The van der Waals surface area contributed by atoms with E-state index in [1.165, 1.54) is 11.1 Å². The highest BCUT2D eigenvalue weighted by molar-refractivity contribution is 6.30. The number of nitrogens with zero attached hydrogens (tertiary/aromatic N) is 3. The summed E-state index contributed by atoms with van der Waals surface area (Å²) in [4.78, 5) is 30.3. The van der Waals surface area contributed by atoms with Gasteiger partial charge in [0, 0.05) is 41.1 Å². The van der Waals surface area contributed by atoms with Crippen molar-refractivity contribution in [1.29, 1.82) is 0 Å². The topological polar surface area (TPSA) is 45.6 Å². The fourth-order valence-corrected chi connectivity index (χ4v) is 4.21. The van der Waals surface area contributed by atoms with E-state index in [9.17, 15) is 9.59 Å². The normalized spacial score (nSPS) is 12.0. The summed E-state index contributed by atoms with van der Waals surface area (Å²) in [5.41, 5.74) is 4.10. The van der Waals surface area contributed by atoms with Gasteiger partial charge >= 0.3 is 0 Å². The first-order valence-corrected chi connectivity index (χ1v) is 12.6. The molecule has 0 aliphatic heterocycles. The van der Waals surface area contributed by atoms with Crippen LogP contribution >= 0.6 is 11.6 Å². The monoisotopic (exact) mass is 493 g/mol. The minimum Gasteiger partial charge on any atom is -0.345 e. The maximum Gasteiger partial charge on any atom is 0.254 e. The molecule has 0 bridgehead atoms. The summed E-state index contributed by atoms with van der Waals surface area (Å²) < 4.78 is 2.20. The van der Waals surface area contributed by atoms with Crippen LogP contribution in [0.25, 0.3) is 0 Å². The van der Waals surface area contributed by atoms with Crippen LogP contribution < -0.4 is 0 Å². The van der Waals surface area contributed by atoms with Gasteiger partial charge in [-0.2, -0.15) is 0 Å². The van der Waals surface area contributed by atoms with Crippen molar-refractivity contribution in [2.24, 2.45) is 0 Å². The highest BCUT2D eigenvalue weighted by Crippen LogP contribution is 2.18. The van der Waals surface area contributed by atoms with E-state index in [-0.39, 0.29) is 30.4 Å². The maximum absolute atomic E-state index is 13.6. The van der Waals surface area contributed by atoms with Gasteiger partial charge < -0.3 is 14.4 Å². The fraction of sp³-hybridized carbons (Fsp3) is 0.379. The zero-order chi connectivity index (χ0) is 25.5. The first-order chi connectivity index (χ1) is 16.7. The molecule has 2 amide bonds. The Labute approximate surface area is 214 Å². The van der Waals surface area contributed by atoms with Crippen LogP contribution in [0.5, 0.6) is 0 Å². The summed E-state index contributed by atoms with van der Waals surface area (Å²) in [5.74, 6) is -0.226. The lowest BCUT2D eigenvalue weighted by Crippen LogP contribution is -2.48.